The fourth-order valence-electron chi connectivity index (χ4n) is 2.70. The summed E-state index contributed by atoms with van der Waals surface area (Å²) >= 11 is 0. The lowest BCUT2D eigenvalue weighted by molar-refractivity contribution is 0.208. The van der Waals surface area contributed by atoms with Gasteiger partial charge in [-0.15, -0.1) is 0 Å². The van der Waals surface area contributed by atoms with Crippen LogP contribution < -0.4 is 10.2 Å². The molecule has 1 aromatic carbocycles. The zero-order chi connectivity index (χ0) is 13.8. The van der Waals surface area contributed by atoms with Crippen molar-refractivity contribution in [1.29, 1.82) is 0 Å². The van der Waals surface area contributed by atoms with Gasteiger partial charge in [-0.25, -0.2) is 0 Å². The van der Waals surface area contributed by atoms with Crippen molar-refractivity contribution in [3.63, 3.8) is 0 Å². The maximum atomic E-state index is 10.1. The Morgan fingerprint density at radius 2 is 2.26 bits per heavy atom. The molecule has 0 radical (unpaired) electrons. The molecule has 0 amide bonds. The molecule has 1 saturated heterocycles. The third-order valence-corrected chi connectivity index (χ3v) is 4.06. The molecule has 2 rings (SSSR count). The van der Waals surface area contributed by atoms with Gasteiger partial charge in [-0.3, -0.25) is 0 Å². The van der Waals surface area contributed by atoms with Crippen molar-refractivity contribution in [2.24, 2.45) is 5.92 Å². The number of piperidine rings is 1. The van der Waals surface area contributed by atoms with Crippen molar-refractivity contribution < 1.29 is 10.2 Å². The Morgan fingerprint density at radius 3 is 2.89 bits per heavy atom. The molecule has 0 aromatic heterocycles. The van der Waals surface area contributed by atoms with E-state index in [4.69, 9.17) is 0 Å². The average molecular weight is 264 g/mol. The summed E-state index contributed by atoms with van der Waals surface area (Å²) in [5.41, 5.74) is 1.96. The third-order valence-electron chi connectivity index (χ3n) is 4.06. The van der Waals surface area contributed by atoms with Gasteiger partial charge in [0.1, 0.15) is 5.75 Å². The number of hydrogen-bond donors (Lipinski definition) is 3. The summed E-state index contributed by atoms with van der Waals surface area (Å²) in [7, 11) is 1.88. The maximum absolute atomic E-state index is 10.1. The molecule has 4 heteroatoms. The van der Waals surface area contributed by atoms with Crippen LogP contribution in [0.25, 0.3) is 0 Å². The number of hydrogen-bond acceptors (Lipinski definition) is 4. The van der Waals surface area contributed by atoms with Gasteiger partial charge in [0.15, 0.2) is 0 Å². The summed E-state index contributed by atoms with van der Waals surface area (Å²) in [4.78, 5) is 2.25. The molecule has 1 fully saturated rings. The van der Waals surface area contributed by atoms with Gasteiger partial charge < -0.3 is 20.4 Å². The van der Waals surface area contributed by atoms with Crippen LogP contribution in [-0.2, 0) is 0 Å². The molecule has 106 valence electrons. The molecule has 0 spiro atoms. The number of anilines is 1. The Labute approximate surface area is 115 Å². The van der Waals surface area contributed by atoms with Crippen molar-refractivity contribution in [3.8, 4) is 5.75 Å². The molecule has 1 aromatic rings. The van der Waals surface area contributed by atoms with Gasteiger partial charge in [0, 0.05) is 43.1 Å². The van der Waals surface area contributed by atoms with Crippen LogP contribution in [-0.4, -0.2) is 37.0 Å². The van der Waals surface area contributed by atoms with Crippen LogP contribution in [0.15, 0.2) is 18.2 Å². The van der Waals surface area contributed by atoms with Crippen LogP contribution in [0, 0.1) is 5.92 Å². The highest BCUT2D eigenvalue weighted by Crippen LogP contribution is 2.31. The van der Waals surface area contributed by atoms with Gasteiger partial charge in [-0.05, 0) is 38.8 Å². The zero-order valence-corrected chi connectivity index (χ0v) is 11.8. The standard InChI is InChI=1S/C15H24N2O2/c1-11(16-2)14-6-5-13(8-15(14)19)17-7-3-4-12(9-17)10-18/h5-6,8,11-12,16,18-19H,3-4,7,9-10H2,1-2H3. The van der Waals surface area contributed by atoms with Gasteiger partial charge in [0.25, 0.3) is 0 Å². The first kappa shape index (κ1) is 14.2. The highest BCUT2D eigenvalue weighted by molar-refractivity contribution is 5.54. The minimum Gasteiger partial charge on any atom is -0.508 e. The Balaban J connectivity index is 2.15. The largest absolute Gasteiger partial charge is 0.508 e. The lowest BCUT2D eigenvalue weighted by atomic mass is 9.98. The summed E-state index contributed by atoms with van der Waals surface area (Å²) in [5.74, 6) is 0.692. The minimum absolute atomic E-state index is 0.139. The molecule has 0 aliphatic carbocycles. The first-order valence-corrected chi connectivity index (χ1v) is 7.01. The molecule has 1 heterocycles. The fraction of sp³-hybridized carbons (Fsp3) is 0.600. The molecule has 2 unspecified atom stereocenters. The number of rotatable bonds is 4. The molecule has 1 aliphatic rings. The topological polar surface area (TPSA) is 55.7 Å². The summed E-state index contributed by atoms with van der Waals surface area (Å²) in [6, 6.07) is 6.01. The van der Waals surface area contributed by atoms with E-state index in [2.05, 4.69) is 16.3 Å². The Morgan fingerprint density at radius 1 is 1.47 bits per heavy atom. The van der Waals surface area contributed by atoms with Crippen LogP contribution in [0.1, 0.15) is 31.4 Å². The van der Waals surface area contributed by atoms with Gasteiger partial charge in [0.2, 0.25) is 0 Å². The van der Waals surface area contributed by atoms with Crippen LogP contribution in [0.3, 0.4) is 0 Å². The van der Waals surface area contributed by atoms with E-state index in [-0.39, 0.29) is 12.6 Å². The number of aromatic hydroxyl groups is 1. The Kier molecular flexibility index (Phi) is 4.66. The highest BCUT2D eigenvalue weighted by atomic mass is 16.3. The lowest BCUT2D eigenvalue weighted by Gasteiger charge is -2.34. The lowest BCUT2D eigenvalue weighted by Crippen LogP contribution is -2.36. The van der Waals surface area contributed by atoms with E-state index in [1.165, 1.54) is 0 Å². The van der Waals surface area contributed by atoms with Crippen molar-refractivity contribution in [2.45, 2.75) is 25.8 Å². The van der Waals surface area contributed by atoms with Crippen LogP contribution in [0.4, 0.5) is 5.69 Å². The third kappa shape index (κ3) is 3.19. The SMILES string of the molecule is CNC(C)c1ccc(N2CCCC(CO)C2)cc1O. The van der Waals surface area contributed by atoms with Gasteiger partial charge in [-0.2, -0.15) is 0 Å². The predicted molar refractivity (Wildman–Crippen MR) is 77.6 cm³/mol. The summed E-state index contributed by atoms with van der Waals surface area (Å²) in [6.45, 7) is 4.14. The second-order valence-electron chi connectivity index (χ2n) is 5.39. The number of benzene rings is 1. The van der Waals surface area contributed by atoms with E-state index in [9.17, 15) is 10.2 Å². The van der Waals surface area contributed by atoms with E-state index < -0.39 is 0 Å². The smallest absolute Gasteiger partial charge is 0.122 e. The van der Waals surface area contributed by atoms with Crippen molar-refractivity contribution >= 4 is 5.69 Å². The number of nitrogens with one attached hydrogen (secondary N) is 1. The zero-order valence-electron chi connectivity index (χ0n) is 11.8. The first-order valence-electron chi connectivity index (χ1n) is 7.01. The molecule has 0 saturated carbocycles. The second-order valence-corrected chi connectivity index (χ2v) is 5.39. The van der Waals surface area contributed by atoms with Crippen molar-refractivity contribution in [2.75, 3.05) is 31.6 Å². The fourth-order valence-corrected chi connectivity index (χ4v) is 2.70. The first-order chi connectivity index (χ1) is 9.15. The van der Waals surface area contributed by atoms with E-state index in [0.29, 0.717) is 11.7 Å². The minimum atomic E-state index is 0.139. The molecular weight excluding hydrogens is 240 g/mol. The average Bonchev–Trinajstić information content (AvgIpc) is 2.46. The molecular formula is C15H24N2O2. The summed E-state index contributed by atoms with van der Waals surface area (Å²) < 4.78 is 0. The van der Waals surface area contributed by atoms with E-state index in [0.717, 1.165) is 37.2 Å². The maximum Gasteiger partial charge on any atom is 0.122 e. The molecule has 0 bridgehead atoms. The number of phenolic OH excluding ortho intramolecular Hbond substituents is 1. The molecule has 1 aliphatic heterocycles. The van der Waals surface area contributed by atoms with Crippen molar-refractivity contribution in [3.05, 3.63) is 23.8 Å². The van der Waals surface area contributed by atoms with Crippen LogP contribution in [0.5, 0.6) is 5.75 Å². The normalized spacial score (nSPS) is 21.4. The Bertz CT molecular complexity index is 423. The van der Waals surface area contributed by atoms with Gasteiger partial charge in [-0.1, -0.05) is 6.07 Å². The van der Waals surface area contributed by atoms with E-state index in [1.807, 2.05) is 26.1 Å². The molecule has 4 nitrogen and oxygen atoms in total. The second kappa shape index (κ2) is 6.26. The highest BCUT2D eigenvalue weighted by Gasteiger charge is 2.20. The quantitative estimate of drug-likeness (QED) is 0.777. The monoisotopic (exact) mass is 264 g/mol. The van der Waals surface area contributed by atoms with Crippen LogP contribution >= 0.6 is 0 Å². The number of nitrogens with zero attached hydrogens (tertiary/aromatic N) is 1. The van der Waals surface area contributed by atoms with Crippen molar-refractivity contribution in [1.82, 2.24) is 5.32 Å². The van der Waals surface area contributed by atoms with Crippen LogP contribution in [0.2, 0.25) is 0 Å². The van der Waals surface area contributed by atoms with E-state index >= 15 is 0 Å². The number of phenols is 1. The Hall–Kier alpha value is -1.26. The number of aliphatic hydroxyl groups excluding tert-OH is 1. The predicted octanol–water partition coefficient (Wildman–Crippen LogP) is 1.88. The molecule has 3 N–H and O–H groups in total. The van der Waals surface area contributed by atoms with E-state index in [1.54, 1.807) is 0 Å². The summed E-state index contributed by atoms with van der Waals surface area (Å²) in [5, 5.41) is 22.5. The van der Waals surface area contributed by atoms with Gasteiger partial charge >= 0.3 is 0 Å². The van der Waals surface area contributed by atoms with Gasteiger partial charge in [0.05, 0.1) is 0 Å². The molecule has 2 atom stereocenters. The summed E-state index contributed by atoms with van der Waals surface area (Å²) in [6.07, 6.45) is 2.19. The molecule has 19 heavy (non-hydrogen) atoms. The number of aliphatic hydroxyl groups is 1.